The third-order valence-corrected chi connectivity index (χ3v) is 9.77. The zero-order valence-corrected chi connectivity index (χ0v) is 26.1. The number of benzene rings is 8. The Labute approximate surface area is 277 Å². The zero-order valence-electron chi connectivity index (χ0n) is 26.1. The van der Waals surface area contributed by atoms with Crippen molar-refractivity contribution >= 4 is 54.5 Å². The normalized spacial score (nSPS) is 11.8. The third-order valence-electron chi connectivity index (χ3n) is 9.77. The van der Waals surface area contributed by atoms with Gasteiger partial charge in [-0.05, 0) is 98.8 Å². The van der Waals surface area contributed by atoms with E-state index in [4.69, 9.17) is 4.42 Å². The molecule has 224 valence electrons. The molecule has 10 rings (SSSR count). The molecule has 0 spiro atoms. The van der Waals surface area contributed by atoms with Crippen LogP contribution in [-0.4, -0.2) is 4.57 Å². The van der Waals surface area contributed by atoms with Crippen LogP contribution in [-0.2, 0) is 0 Å². The van der Waals surface area contributed by atoms with Crippen LogP contribution in [0.3, 0.4) is 0 Å². The number of furan rings is 1. The Bertz CT molecular complexity index is 2830. The van der Waals surface area contributed by atoms with Crippen molar-refractivity contribution in [1.82, 2.24) is 4.57 Å². The van der Waals surface area contributed by atoms with Gasteiger partial charge in [0.1, 0.15) is 11.2 Å². The van der Waals surface area contributed by atoms with Crippen LogP contribution in [0.15, 0.2) is 180 Å². The number of nitrogens with zero attached hydrogens (tertiary/aromatic N) is 1. The van der Waals surface area contributed by atoms with Crippen molar-refractivity contribution in [2.45, 2.75) is 0 Å². The summed E-state index contributed by atoms with van der Waals surface area (Å²) < 4.78 is 8.59. The summed E-state index contributed by atoms with van der Waals surface area (Å²) in [5.41, 5.74) is 12.5. The summed E-state index contributed by atoms with van der Waals surface area (Å²) >= 11 is 0. The Hall–Kier alpha value is -6.38. The molecule has 0 atom stereocenters. The summed E-state index contributed by atoms with van der Waals surface area (Å²) in [5, 5.41) is 7.24. The predicted octanol–water partition coefficient (Wildman–Crippen LogP) is 12.8. The van der Waals surface area contributed by atoms with Gasteiger partial charge in [0.15, 0.2) is 0 Å². The monoisotopic (exact) mass is 611 g/mol. The highest BCUT2D eigenvalue weighted by Crippen LogP contribution is 2.40. The Morgan fingerprint density at radius 3 is 1.90 bits per heavy atom. The van der Waals surface area contributed by atoms with E-state index in [-0.39, 0.29) is 0 Å². The molecule has 2 nitrogen and oxygen atoms in total. The molecule has 0 radical (unpaired) electrons. The minimum absolute atomic E-state index is 0.903. The lowest BCUT2D eigenvalue weighted by atomic mass is 9.91. The Morgan fingerprint density at radius 1 is 0.333 bits per heavy atom. The maximum absolute atomic E-state index is 6.19. The van der Waals surface area contributed by atoms with Crippen LogP contribution >= 0.6 is 0 Å². The van der Waals surface area contributed by atoms with Gasteiger partial charge in [-0.3, -0.25) is 0 Å². The van der Waals surface area contributed by atoms with E-state index in [1.165, 1.54) is 66.0 Å². The number of aromatic nitrogens is 1. The lowest BCUT2D eigenvalue weighted by Gasteiger charge is -2.14. The highest BCUT2D eigenvalue weighted by atomic mass is 16.3. The molecule has 0 saturated heterocycles. The van der Waals surface area contributed by atoms with E-state index in [1.54, 1.807) is 0 Å². The quantitative estimate of drug-likeness (QED) is 0.194. The molecule has 0 N–H and O–H groups in total. The molecule has 0 bridgehead atoms. The summed E-state index contributed by atoms with van der Waals surface area (Å²) in [6.45, 7) is 0. The minimum atomic E-state index is 0.903. The van der Waals surface area contributed by atoms with Crippen LogP contribution < -0.4 is 0 Å². The number of rotatable bonds is 4. The molecule has 0 unspecified atom stereocenters. The van der Waals surface area contributed by atoms with Gasteiger partial charge >= 0.3 is 0 Å². The van der Waals surface area contributed by atoms with E-state index in [1.807, 2.05) is 12.1 Å². The van der Waals surface area contributed by atoms with E-state index in [0.29, 0.717) is 0 Å². The summed E-state index contributed by atoms with van der Waals surface area (Å²) in [5.74, 6) is 0. The predicted molar refractivity (Wildman–Crippen MR) is 202 cm³/mol. The number of fused-ring (bicyclic) bond motifs is 7. The molecule has 0 saturated carbocycles. The first kappa shape index (κ1) is 26.8. The largest absolute Gasteiger partial charge is 0.456 e. The van der Waals surface area contributed by atoms with E-state index < -0.39 is 0 Å². The van der Waals surface area contributed by atoms with Crippen LogP contribution in [0.4, 0.5) is 0 Å². The topological polar surface area (TPSA) is 18.1 Å². The SMILES string of the molecule is c1ccc(-c2cc(-c3ccc4c5ccccc5n(-c5ccc6oc7ccccc7c6c5)c4c3)cc(-c3cccc4ccccc34)c2)cc1. The van der Waals surface area contributed by atoms with Gasteiger partial charge in [0.05, 0.1) is 11.0 Å². The maximum Gasteiger partial charge on any atom is 0.135 e. The molecule has 0 aliphatic rings. The van der Waals surface area contributed by atoms with Gasteiger partial charge in [0, 0.05) is 27.2 Å². The Balaban J connectivity index is 1.22. The smallest absolute Gasteiger partial charge is 0.135 e. The lowest BCUT2D eigenvalue weighted by Crippen LogP contribution is -1.94. The second-order valence-electron chi connectivity index (χ2n) is 12.6. The fraction of sp³-hybridized carbons (Fsp3) is 0. The lowest BCUT2D eigenvalue weighted by molar-refractivity contribution is 0.669. The molecule has 2 heterocycles. The molecule has 10 aromatic rings. The van der Waals surface area contributed by atoms with Crippen molar-refractivity contribution in [2.24, 2.45) is 0 Å². The van der Waals surface area contributed by atoms with Crippen molar-refractivity contribution in [3.63, 3.8) is 0 Å². The Kier molecular flexibility index (Phi) is 5.91. The van der Waals surface area contributed by atoms with Gasteiger partial charge in [0.2, 0.25) is 0 Å². The van der Waals surface area contributed by atoms with Crippen molar-refractivity contribution in [2.75, 3.05) is 0 Å². The highest BCUT2D eigenvalue weighted by Gasteiger charge is 2.16. The summed E-state index contributed by atoms with van der Waals surface area (Å²) in [6, 6.07) is 63.5. The van der Waals surface area contributed by atoms with Crippen molar-refractivity contribution < 1.29 is 4.42 Å². The molecule has 0 fully saturated rings. The molecule has 0 aliphatic heterocycles. The summed E-state index contributed by atoms with van der Waals surface area (Å²) in [4.78, 5) is 0. The third kappa shape index (κ3) is 4.20. The molecule has 48 heavy (non-hydrogen) atoms. The molecule has 2 aromatic heterocycles. The first-order valence-corrected chi connectivity index (χ1v) is 16.4. The van der Waals surface area contributed by atoms with Crippen LogP contribution in [0.5, 0.6) is 0 Å². The van der Waals surface area contributed by atoms with E-state index in [0.717, 1.165) is 27.6 Å². The number of hydrogen-bond acceptors (Lipinski definition) is 1. The average molecular weight is 612 g/mol. The molecule has 0 amide bonds. The van der Waals surface area contributed by atoms with Crippen LogP contribution in [0.25, 0.3) is 93.6 Å². The van der Waals surface area contributed by atoms with Crippen LogP contribution in [0.2, 0.25) is 0 Å². The van der Waals surface area contributed by atoms with Crippen molar-refractivity contribution in [3.8, 4) is 39.1 Å². The molecule has 0 aliphatic carbocycles. The maximum atomic E-state index is 6.19. The molecular formula is C46H29NO. The molecular weight excluding hydrogens is 583 g/mol. The second-order valence-corrected chi connectivity index (χ2v) is 12.6. The zero-order chi connectivity index (χ0) is 31.6. The number of para-hydroxylation sites is 2. The van der Waals surface area contributed by atoms with E-state index in [2.05, 4.69) is 168 Å². The molecule has 2 heteroatoms. The average Bonchev–Trinajstić information content (AvgIpc) is 3.69. The van der Waals surface area contributed by atoms with Crippen LogP contribution in [0.1, 0.15) is 0 Å². The fourth-order valence-corrected chi connectivity index (χ4v) is 7.51. The molecule has 8 aromatic carbocycles. The summed E-state index contributed by atoms with van der Waals surface area (Å²) in [7, 11) is 0. The van der Waals surface area contributed by atoms with Crippen LogP contribution in [0, 0.1) is 0 Å². The fourth-order valence-electron chi connectivity index (χ4n) is 7.51. The Morgan fingerprint density at radius 2 is 1.00 bits per heavy atom. The first-order valence-electron chi connectivity index (χ1n) is 16.4. The van der Waals surface area contributed by atoms with Gasteiger partial charge in [-0.25, -0.2) is 0 Å². The van der Waals surface area contributed by atoms with Gasteiger partial charge in [-0.2, -0.15) is 0 Å². The van der Waals surface area contributed by atoms with E-state index >= 15 is 0 Å². The summed E-state index contributed by atoms with van der Waals surface area (Å²) in [6.07, 6.45) is 0. The van der Waals surface area contributed by atoms with Gasteiger partial charge in [-0.15, -0.1) is 0 Å². The second kappa shape index (κ2) is 10.6. The van der Waals surface area contributed by atoms with Gasteiger partial charge in [0.25, 0.3) is 0 Å². The highest BCUT2D eigenvalue weighted by molar-refractivity contribution is 6.11. The number of hydrogen-bond donors (Lipinski definition) is 0. The minimum Gasteiger partial charge on any atom is -0.456 e. The van der Waals surface area contributed by atoms with E-state index in [9.17, 15) is 0 Å². The first-order chi connectivity index (χ1) is 23.8. The van der Waals surface area contributed by atoms with Crippen molar-refractivity contribution in [3.05, 3.63) is 176 Å². The van der Waals surface area contributed by atoms with Gasteiger partial charge < -0.3 is 8.98 Å². The van der Waals surface area contributed by atoms with Gasteiger partial charge in [-0.1, -0.05) is 121 Å². The standard InChI is InChI=1S/C46H29NO/c1-2-11-30(12-3-1)33-25-34(27-35(26-33)38-18-10-14-31-13-4-5-15-37(31)38)32-21-23-40-39-16-6-8-19-43(39)47(44(40)28-32)36-22-24-46-42(29-36)41-17-7-9-20-45(41)48-46/h1-29H. The van der Waals surface area contributed by atoms with Crippen molar-refractivity contribution in [1.29, 1.82) is 0 Å².